The second-order valence-corrected chi connectivity index (χ2v) is 5.83. The van der Waals surface area contributed by atoms with E-state index in [2.05, 4.69) is 20.7 Å². The third-order valence-corrected chi connectivity index (χ3v) is 3.72. The van der Waals surface area contributed by atoms with E-state index in [4.69, 9.17) is 9.47 Å². The van der Waals surface area contributed by atoms with Crippen LogP contribution in [0.4, 0.5) is 0 Å². The topological polar surface area (TPSA) is 44.8 Å². The van der Waals surface area contributed by atoms with Crippen LogP contribution < -0.4 is 9.47 Å². The molecule has 0 unspecified atom stereocenters. The van der Waals surface area contributed by atoms with Gasteiger partial charge in [0.15, 0.2) is 11.5 Å². The van der Waals surface area contributed by atoms with E-state index in [1.54, 1.807) is 6.08 Å². The molecule has 0 amide bonds. The van der Waals surface area contributed by atoms with Crippen molar-refractivity contribution in [2.45, 2.75) is 13.5 Å². The van der Waals surface area contributed by atoms with Crippen LogP contribution in [-0.2, 0) is 16.1 Å². The van der Waals surface area contributed by atoms with Crippen molar-refractivity contribution < 1.29 is 19.0 Å². The molecule has 0 spiro atoms. The SMILES string of the molecule is CCOc1cc(/C=C/C(=O)OC)ccc1OCc1ccc(Br)cc1. The Morgan fingerprint density at radius 3 is 2.50 bits per heavy atom. The van der Waals surface area contributed by atoms with Crippen molar-refractivity contribution in [3.8, 4) is 11.5 Å². The maximum absolute atomic E-state index is 11.2. The third kappa shape index (κ3) is 5.42. The summed E-state index contributed by atoms with van der Waals surface area (Å²) in [7, 11) is 1.34. The minimum Gasteiger partial charge on any atom is -0.490 e. The smallest absolute Gasteiger partial charge is 0.330 e. The Morgan fingerprint density at radius 1 is 1.08 bits per heavy atom. The summed E-state index contributed by atoms with van der Waals surface area (Å²) in [6.45, 7) is 2.89. The molecule has 0 fully saturated rings. The van der Waals surface area contributed by atoms with E-state index >= 15 is 0 Å². The lowest BCUT2D eigenvalue weighted by Crippen LogP contribution is -2.00. The number of rotatable bonds is 7. The Kier molecular flexibility index (Phi) is 6.88. The van der Waals surface area contributed by atoms with Crippen molar-refractivity contribution in [1.29, 1.82) is 0 Å². The molecule has 4 nitrogen and oxygen atoms in total. The number of hydrogen-bond acceptors (Lipinski definition) is 4. The molecular weight excluding hydrogens is 372 g/mol. The lowest BCUT2D eigenvalue weighted by molar-refractivity contribution is -0.134. The normalized spacial score (nSPS) is 10.6. The first-order chi connectivity index (χ1) is 11.6. The molecule has 0 saturated carbocycles. The minimum atomic E-state index is -0.400. The molecule has 24 heavy (non-hydrogen) atoms. The first kappa shape index (κ1) is 18.1. The van der Waals surface area contributed by atoms with Gasteiger partial charge in [-0.05, 0) is 48.4 Å². The molecule has 0 saturated heterocycles. The van der Waals surface area contributed by atoms with Gasteiger partial charge in [-0.1, -0.05) is 34.1 Å². The van der Waals surface area contributed by atoms with Gasteiger partial charge in [0.2, 0.25) is 0 Å². The van der Waals surface area contributed by atoms with Crippen LogP contribution in [0.25, 0.3) is 6.08 Å². The lowest BCUT2D eigenvalue weighted by Gasteiger charge is -2.13. The predicted molar refractivity (Wildman–Crippen MR) is 97.1 cm³/mol. The molecule has 2 rings (SSSR count). The summed E-state index contributed by atoms with van der Waals surface area (Å²) in [5.74, 6) is 0.903. The monoisotopic (exact) mass is 390 g/mol. The molecule has 0 aliphatic carbocycles. The van der Waals surface area contributed by atoms with E-state index in [-0.39, 0.29) is 0 Å². The van der Waals surface area contributed by atoms with Crippen molar-refractivity contribution in [2.24, 2.45) is 0 Å². The lowest BCUT2D eigenvalue weighted by atomic mass is 10.2. The van der Waals surface area contributed by atoms with Gasteiger partial charge in [-0.15, -0.1) is 0 Å². The van der Waals surface area contributed by atoms with Crippen molar-refractivity contribution in [1.82, 2.24) is 0 Å². The second-order valence-electron chi connectivity index (χ2n) is 4.91. The van der Waals surface area contributed by atoms with Crippen molar-refractivity contribution in [2.75, 3.05) is 13.7 Å². The van der Waals surface area contributed by atoms with Gasteiger partial charge in [-0.2, -0.15) is 0 Å². The molecule has 0 bridgehead atoms. The number of ether oxygens (including phenoxy) is 3. The van der Waals surface area contributed by atoms with Crippen LogP contribution >= 0.6 is 15.9 Å². The van der Waals surface area contributed by atoms with Crippen LogP contribution in [-0.4, -0.2) is 19.7 Å². The van der Waals surface area contributed by atoms with Crippen LogP contribution in [0.2, 0.25) is 0 Å². The van der Waals surface area contributed by atoms with Gasteiger partial charge in [0.25, 0.3) is 0 Å². The number of benzene rings is 2. The van der Waals surface area contributed by atoms with Crippen LogP contribution in [0.1, 0.15) is 18.1 Å². The van der Waals surface area contributed by atoms with Crippen LogP contribution in [0, 0.1) is 0 Å². The van der Waals surface area contributed by atoms with Gasteiger partial charge < -0.3 is 14.2 Å². The fourth-order valence-corrected chi connectivity index (χ4v) is 2.25. The molecule has 5 heteroatoms. The molecule has 0 N–H and O–H groups in total. The van der Waals surface area contributed by atoms with E-state index in [0.717, 1.165) is 15.6 Å². The summed E-state index contributed by atoms with van der Waals surface area (Å²) in [5.41, 5.74) is 1.90. The Hall–Kier alpha value is -2.27. The van der Waals surface area contributed by atoms with Gasteiger partial charge in [-0.25, -0.2) is 4.79 Å². The highest BCUT2D eigenvalue weighted by atomic mass is 79.9. The fraction of sp³-hybridized carbons (Fsp3) is 0.211. The first-order valence-electron chi connectivity index (χ1n) is 7.52. The van der Waals surface area contributed by atoms with E-state index in [0.29, 0.717) is 24.7 Å². The quantitative estimate of drug-likeness (QED) is 0.511. The van der Waals surface area contributed by atoms with E-state index in [1.165, 1.54) is 13.2 Å². The Labute approximate surface area is 150 Å². The summed E-state index contributed by atoms with van der Waals surface area (Å²) in [4.78, 5) is 11.2. The van der Waals surface area contributed by atoms with Gasteiger partial charge >= 0.3 is 5.97 Å². The van der Waals surface area contributed by atoms with Gasteiger partial charge in [0.05, 0.1) is 13.7 Å². The first-order valence-corrected chi connectivity index (χ1v) is 8.31. The molecule has 0 radical (unpaired) electrons. The zero-order chi connectivity index (χ0) is 17.4. The molecule has 0 aliphatic heterocycles. The van der Waals surface area contributed by atoms with Crippen LogP contribution in [0.15, 0.2) is 53.0 Å². The zero-order valence-electron chi connectivity index (χ0n) is 13.6. The molecule has 2 aromatic carbocycles. The predicted octanol–water partition coefficient (Wildman–Crippen LogP) is 4.61. The molecular formula is C19H19BrO4. The van der Waals surface area contributed by atoms with E-state index in [9.17, 15) is 4.79 Å². The minimum absolute atomic E-state index is 0.400. The standard InChI is InChI=1S/C19H19BrO4/c1-3-23-18-12-14(7-11-19(21)22-2)6-10-17(18)24-13-15-4-8-16(20)9-5-15/h4-12H,3,13H2,1-2H3/b11-7+. The van der Waals surface area contributed by atoms with Crippen LogP contribution in [0.3, 0.4) is 0 Å². The molecule has 2 aromatic rings. The number of halogens is 1. The molecule has 0 heterocycles. The van der Waals surface area contributed by atoms with Gasteiger partial charge in [0.1, 0.15) is 6.61 Å². The Balaban J connectivity index is 2.12. The van der Waals surface area contributed by atoms with E-state index < -0.39 is 5.97 Å². The molecule has 0 aliphatic rings. The van der Waals surface area contributed by atoms with Crippen molar-refractivity contribution >= 4 is 28.0 Å². The Bertz CT molecular complexity index is 708. The largest absolute Gasteiger partial charge is 0.490 e. The van der Waals surface area contributed by atoms with Crippen LogP contribution in [0.5, 0.6) is 11.5 Å². The van der Waals surface area contributed by atoms with Gasteiger partial charge in [-0.3, -0.25) is 0 Å². The summed E-state index contributed by atoms with van der Waals surface area (Å²) < 4.78 is 17.1. The fourth-order valence-electron chi connectivity index (χ4n) is 1.99. The Morgan fingerprint density at radius 2 is 1.83 bits per heavy atom. The third-order valence-electron chi connectivity index (χ3n) is 3.19. The summed E-state index contributed by atoms with van der Waals surface area (Å²) in [5, 5.41) is 0. The van der Waals surface area contributed by atoms with Gasteiger partial charge in [0, 0.05) is 10.5 Å². The number of hydrogen-bond donors (Lipinski definition) is 0. The summed E-state index contributed by atoms with van der Waals surface area (Å²) in [6, 6.07) is 13.5. The molecule has 0 aromatic heterocycles. The highest BCUT2D eigenvalue weighted by Crippen LogP contribution is 2.30. The summed E-state index contributed by atoms with van der Waals surface area (Å²) >= 11 is 3.41. The number of esters is 1. The molecule has 0 atom stereocenters. The van der Waals surface area contributed by atoms with E-state index in [1.807, 2.05) is 49.4 Å². The van der Waals surface area contributed by atoms with Crippen molar-refractivity contribution in [3.05, 3.63) is 64.1 Å². The summed E-state index contributed by atoms with van der Waals surface area (Å²) in [6.07, 6.45) is 3.04. The average molecular weight is 391 g/mol. The highest BCUT2D eigenvalue weighted by Gasteiger charge is 2.06. The maximum atomic E-state index is 11.2. The number of carbonyl (C=O) groups is 1. The number of carbonyl (C=O) groups excluding carboxylic acids is 1. The zero-order valence-corrected chi connectivity index (χ0v) is 15.2. The molecule has 126 valence electrons. The van der Waals surface area contributed by atoms with Crippen molar-refractivity contribution in [3.63, 3.8) is 0 Å². The maximum Gasteiger partial charge on any atom is 0.330 e. The number of methoxy groups -OCH3 is 1. The highest BCUT2D eigenvalue weighted by molar-refractivity contribution is 9.10. The average Bonchev–Trinajstić information content (AvgIpc) is 2.60. The second kappa shape index (κ2) is 9.13.